The molecule has 1 saturated carbocycles. The fourth-order valence-electron chi connectivity index (χ4n) is 2.76. The van der Waals surface area contributed by atoms with E-state index in [-0.39, 0.29) is 0 Å². The first-order valence-electron chi connectivity index (χ1n) is 8.26. The zero-order valence-electron chi connectivity index (χ0n) is 13.2. The summed E-state index contributed by atoms with van der Waals surface area (Å²) in [6.45, 7) is 7.32. The van der Waals surface area contributed by atoms with E-state index in [0.29, 0.717) is 31.8 Å². The average molecular weight is 287 g/mol. The third kappa shape index (κ3) is 7.58. The van der Waals surface area contributed by atoms with E-state index < -0.39 is 0 Å². The maximum Gasteiger partial charge on any atom is 0.0701 e. The van der Waals surface area contributed by atoms with Crippen molar-refractivity contribution in [1.82, 2.24) is 0 Å². The van der Waals surface area contributed by atoms with Crippen molar-refractivity contribution < 1.29 is 14.2 Å². The van der Waals surface area contributed by atoms with Crippen molar-refractivity contribution in [2.75, 3.05) is 46.2 Å². The number of hydrogen-bond acceptors (Lipinski definition) is 4. The Morgan fingerprint density at radius 3 is 1.95 bits per heavy atom. The molecule has 0 aromatic carbocycles. The third-order valence-electron chi connectivity index (χ3n) is 4.26. The van der Waals surface area contributed by atoms with Crippen LogP contribution in [-0.2, 0) is 14.2 Å². The molecule has 0 atom stereocenters. The van der Waals surface area contributed by atoms with Gasteiger partial charge in [-0.05, 0) is 37.6 Å². The summed E-state index contributed by atoms with van der Waals surface area (Å²) >= 11 is 0. The van der Waals surface area contributed by atoms with Crippen molar-refractivity contribution in [2.24, 2.45) is 11.1 Å². The van der Waals surface area contributed by atoms with Gasteiger partial charge < -0.3 is 19.9 Å². The van der Waals surface area contributed by atoms with Gasteiger partial charge >= 0.3 is 0 Å². The summed E-state index contributed by atoms with van der Waals surface area (Å²) in [7, 11) is 0. The number of hydrogen-bond donors (Lipinski definition) is 1. The molecule has 0 aromatic heterocycles. The first-order chi connectivity index (χ1) is 9.83. The second-order valence-electron chi connectivity index (χ2n) is 5.85. The van der Waals surface area contributed by atoms with Gasteiger partial charge in [0.15, 0.2) is 0 Å². The van der Waals surface area contributed by atoms with Crippen LogP contribution >= 0.6 is 0 Å². The third-order valence-corrected chi connectivity index (χ3v) is 4.26. The van der Waals surface area contributed by atoms with Crippen LogP contribution in [0.15, 0.2) is 0 Å². The molecule has 0 aliphatic heterocycles. The molecule has 0 radical (unpaired) electrons. The summed E-state index contributed by atoms with van der Waals surface area (Å²) in [6, 6.07) is 0. The molecule has 0 spiro atoms. The van der Waals surface area contributed by atoms with E-state index in [4.69, 9.17) is 19.9 Å². The van der Waals surface area contributed by atoms with E-state index in [9.17, 15) is 0 Å². The molecule has 4 nitrogen and oxygen atoms in total. The maximum absolute atomic E-state index is 5.91. The molecular formula is C16H33NO3. The fraction of sp³-hybridized carbons (Fsp3) is 1.00. The topological polar surface area (TPSA) is 53.7 Å². The van der Waals surface area contributed by atoms with E-state index in [1.807, 2.05) is 0 Å². The molecule has 1 aliphatic carbocycles. The highest BCUT2D eigenvalue weighted by Gasteiger charge is 2.31. The van der Waals surface area contributed by atoms with E-state index in [0.717, 1.165) is 32.6 Å². The van der Waals surface area contributed by atoms with E-state index in [2.05, 4.69) is 6.92 Å². The Bertz CT molecular complexity index is 218. The predicted octanol–water partition coefficient (Wildman–Crippen LogP) is 2.75. The number of ether oxygens (including phenoxy) is 3. The Morgan fingerprint density at radius 1 is 0.850 bits per heavy atom. The summed E-state index contributed by atoms with van der Waals surface area (Å²) < 4.78 is 16.5. The molecule has 0 unspecified atom stereocenters. The summed E-state index contributed by atoms with van der Waals surface area (Å²) in [5.74, 6) is 0. The van der Waals surface area contributed by atoms with Crippen LogP contribution in [0.2, 0.25) is 0 Å². The summed E-state index contributed by atoms with van der Waals surface area (Å²) in [4.78, 5) is 0. The van der Waals surface area contributed by atoms with Gasteiger partial charge in [0.1, 0.15) is 0 Å². The Hall–Kier alpha value is -0.160. The minimum absolute atomic E-state index is 0.369. The first kappa shape index (κ1) is 17.9. The Kier molecular flexibility index (Phi) is 10.3. The highest BCUT2D eigenvalue weighted by molar-refractivity contribution is 4.85. The van der Waals surface area contributed by atoms with Crippen LogP contribution in [0.25, 0.3) is 0 Å². The van der Waals surface area contributed by atoms with Crippen molar-refractivity contribution in [3.8, 4) is 0 Å². The molecule has 2 N–H and O–H groups in total. The molecule has 0 heterocycles. The largest absolute Gasteiger partial charge is 0.379 e. The normalized spacial score (nSPS) is 17.7. The lowest BCUT2D eigenvalue weighted by Crippen LogP contribution is -2.29. The molecular weight excluding hydrogens is 254 g/mol. The molecule has 0 bridgehead atoms. The molecule has 120 valence electrons. The molecule has 0 amide bonds. The lowest BCUT2D eigenvalue weighted by molar-refractivity contribution is 0.00839. The van der Waals surface area contributed by atoms with E-state index in [1.165, 1.54) is 32.1 Å². The smallest absolute Gasteiger partial charge is 0.0701 e. The van der Waals surface area contributed by atoms with Crippen molar-refractivity contribution in [3.63, 3.8) is 0 Å². The van der Waals surface area contributed by atoms with Gasteiger partial charge in [0.2, 0.25) is 0 Å². The van der Waals surface area contributed by atoms with Crippen molar-refractivity contribution >= 4 is 0 Å². The number of unbranched alkanes of at least 4 members (excludes halogenated alkanes) is 1. The highest BCUT2D eigenvalue weighted by Crippen LogP contribution is 2.39. The average Bonchev–Trinajstić information content (AvgIpc) is 2.94. The summed E-state index contributed by atoms with van der Waals surface area (Å²) in [6.07, 6.45) is 8.63. The standard InChI is InChI=1S/C16H33NO3/c1-2-3-9-18-11-13-20-14-12-19-10-8-16(15-17)6-4-5-7-16/h2-15,17H2,1H3. The highest BCUT2D eigenvalue weighted by atomic mass is 16.5. The van der Waals surface area contributed by atoms with Crippen molar-refractivity contribution in [1.29, 1.82) is 0 Å². The lowest BCUT2D eigenvalue weighted by Gasteiger charge is -2.26. The molecule has 20 heavy (non-hydrogen) atoms. The van der Waals surface area contributed by atoms with Gasteiger partial charge in [0, 0.05) is 13.2 Å². The molecule has 0 aromatic rings. The fourth-order valence-corrected chi connectivity index (χ4v) is 2.76. The van der Waals surface area contributed by atoms with Crippen molar-refractivity contribution in [2.45, 2.75) is 51.9 Å². The van der Waals surface area contributed by atoms with Crippen LogP contribution in [0, 0.1) is 5.41 Å². The van der Waals surface area contributed by atoms with Crippen LogP contribution in [0.1, 0.15) is 51.9 Å². The minimum atomic E-state index is 0.369. The number of nitrogens with two attached hydrogens (primary N) is 1. The molecule has 1 rings (SSSR count). The first-order valence-corrected chi connectivity index (χ1v) is 8.26. The van der Waals surface area contributed by atoms with E-state index >= 15 is 0 Å². The van der Waals surface area contributed by atoms with Crippen LogP contribution in [0.4, 0.5) is 0 Å². The van der Waals surface area contributed by atoms with Gasteiger partial charge in [-0.2, -0.15) is 0 Å². The second kappa shape index (κ2) is 11.5. The van der Waals surface area contributed by atoms with Gasteiger partial charge in [-0.1, -0.05) is 26.2 Å². The molecule has 0 saturated heterocycles. The SMILES string of the molecule is CCCCOCCOCCOCCC1(CN)CCCC1. The molecule has 1 fully saturated rings. The Labute approximate surface area is 124 Å². The zero-order chi connectivity index (χ0) is 14.5. The van der Waals surface area contributed by atoms with Gasteiger partial charge in [-0.15, -0.1) is 0 Å². The van der Waals surface area contributed by atoms with Gasteiger partial charge in [0.05, 0.1) is 26.4 Å². The van der Waals surface area contributed by atoms with Crippen LogP contribution in [0.3, 0.4) is 0 Å². The van der Waals surface area contributed by atoms with Crippen LogP contribution in [-0.4, -0.2) is 46.2 Å². The summed E-state index contributed by atoms with van der Waals surface area (Å²) in [5.41, 5.74) is 6.27. The molecule has 1 aliphatic rings. The Morgan fingerprint density at radius 2 is 1.40 bits per heavy atom. The second-order valence-corrected chi connectivity index (χ2v) is 5.85. The Balaban J connectivity index is 1.83. The van der Waals surface area contributed by atoms with Crippen molar-refractivity contribution in [3.05, 3.63) is 0 Å². The van der Waals surface area contributed by atoms with Crippen LogP contribution < -0.4 is 5.73 Å². The van der Waals surface area contributed by atoms with Crippen LogP contribution in [0.5, 0.6) is 0 Å². The number of rotatable bonds is 13. The van der Waals surface area contributed by atoms with E-state index in [1.54, 1.807) is 0 Å². The zero-order valence-corrected chi connectivity index (χ0v) is 13.2. The summed E-state index contributed by atoms with van der Waals surface area (Å²) in [5, 5.41) is 0. The quantitative estimate of drug-likeness (QED) is 0.529. The van der Waals surface area contributed by atoms with Gasteiger partial charge in [0.25, 0.3) is 0 Å². The molecule has 4 heteroatoms. The lowest BCUT2D eigenvalue weighted by atomic mass is 9.83. The maximum atomic E-state index is 5.91. The minimum Gasteiger partial charge on any atom is -0.379 e. The van der Waals surface area contributed by atoms with Gasteiger partial charge in [-0.25, -0.2) is 0 Å². The predicted molar refractivity (Wildman–Crippen MR) is 81.9 cm³/mol. The monoisotopic (exact) mass is 287 g/mol. The van der Waals surface area contributed by atoms with Gasteiger partial charge in [-0.3, -0.25) is 0 Å².